The van der Waals surface area contributed by atoms with E-state index in [1.54, 1.807) is 25.3 Å². The Morgan fingerprint density at radius 1 is 1.18 bits per heavy atom. The van der Waals surface area contributed by atoms with E-state index in [1.807, 2.05) is 0 Å². The lowest BCUT2D eigenvalue weighted by Crippen LogP contribution is -2.15. The molecule has 1 N–H and O–H groups in total. The molecular weight excluding hydrogens is 525 g/mol. The Morgan fingerprint density at radius 2 is 1.97 bits per heavy atom. The topological polar surface area (TPSA) is 125 Å². The van der Waals surface area contributed by atoms with E-state index in [2.05, 4.69) is 20.5 Å². The first-order valence-corrected chi connectivity index (χ1v) is 11.9. The molecule has 0 unspecified atom stereocenters. The number of hydrogen-bond acceptors (Lipinski definition) is 8. The van der Waals surface area contributed by atoms with Crippen LogP contribution in [0.4, 0.5) is 24.5 Å². The third-order valence-electron chi connectivity index (χ3n) is 5.31. The van der Waals surface area contributed by atoms with Crippen LogP contribution in [0.25, 0.3) is 17.1 Å². The van der Waals surface area contributed by atoms with Crippen molar-refractivity contribution in [2.24, 2.45) is 0 Å². The number of rotatable bonds is 8. The molecule has 0 bridgehead atoms. The highest BCUT2D eigenvalue weighted by Gasteiger charge is 2.31. The largest absolute Gasteiger partial charge is 0.490 e. The highest BCUT2D eigenvalue weighted by molar-refractivity contribution is 7.99. The van der Waals surface area contributed by atoms with Gasteiger partial charge in [0.25, 0.3) is 0 Å². The molecule has 0 aliphatic carbocycles. The summed E-state index contributed by atoms with van der Waals surface area (Å²) in [5.41, 5.74) is 0.340. The number of nitrogens with one attached hydrogen (secondary N) is 1. The highest BCUT2D eigenvalue weighted by atomic mass is 32.2. The molecule has 0 aliphatic rings. The average Bonchev–Trinajstić information content (AvgIpc) is 3.32. The van der Waals surface area contributed by atoms with Gasteiger partial charge in [-0.05, 0) is 42.8 Å². The highest BCUT2D eigenvalue weighted by Crippen LogP contribution is 2.35. The Labute approximate surface area is 218 Å². The minimum atomic E-state index is -4.56. The molecule has 0 spiro atoms. The summed E-state index contributed by atoms with van der Waals surface area (Å²) >= 11 is 0.958. The van der Waals surface area contributed by atoms with Gasteiger partial charge in [-0.1, -0.05) is 17.8 Å². The van der Waals surface area contributed by atoms with Crippen molar-refractivity contribution in [1.82, 2.24) is 19.7 Å². The normalized spacial score (nSPS) is 11.3. The molecule has 0 aliphatic heterocycles. The van der Waals surface area contributed by atoms with Crippen LogP contribution in [0.2, 0.25) is 0 Å². The molecule has 0 saturated carbocycles. The number of nitro groups is 1. The van der Waals surface area contributed by atoms with E-state index in [0.717, 1.165) is 23.9 Å². The summed E-state index contributed by atoms with van der Waals surface area (Å²) < 4.78 is 46.7. The van der Waals surface area contributed by atoms with Crippen LogP contribution in [0.5, 0.6) is 5.75 Å². The van der Waals surface area contributed by atoms with E-state index in [9.17, 15) is 28.1 Å². The predicted molar refractivity (Wildman–Crippen MR) is 133 cm³/mol. The number of nitro benzene ring substituents is 1. The average molecular weight is 545 g/mol. The fourth-order valence-corrected chi connectivity index (χ4v) is 4.28. The van der Waals surface area contributed by atoms with E-state index in [0.29, 0.717) is 16.8 Å². The third kappa shape index (κ3) is 5.75. The van der Waals surface area contributed by atoms with Crippen molar-refractivity contribution in [2.45, 2.75) is 18.3 Å². The second-order valence-electron chi connectivity index (χ2n) is 7.86. The molecule has 0 fully saturated rings. The first kappa shape index (κ1) is 26.6. The minimum Gasteiger partial charge on any atom is -0.490 e. The van der Waals surface area contributed by atoms with Crippen molar-refractivity contribution >= 4 is 29.0 Å². The van der Waals surface area contributed by atoms with Crippen molar-refractivity contribution in [3.05, 3.63) is 82.2 Å². The molecular formula is C24H19F3N6O4S. The zero-order chi connectivity index (χ0) is 27.4. The molecule has 14 heteroatoms. The molecule has 38 heavy (non-hydrogen) atoms. The van der Waals surface area contributed by atoms with Crippen LogP contribution in [0, 0.1) is 17.0 Å². The van der Waals surface area contributed by atoms with Gasteiger partial charge < -0.3 is 10.1 Å². The maximum Gasteiger partial charge on any atom is 0.416 e. The Hall–Kier alpha value is -4.46. The van der Waals surface area contributed by atoms with Crippen LogP contribution in [0.15, 0.2) is 66.1 Å². The zero-order valence-corrected chi connectivity index (χ0v) is 20.7. The first-order chi connectivity index (χ1) is 18.1. The predicted octanol–water partition coefficient (Wildman–Crippen LogP) is 5.30. The molecule has 4 aromatic rings. The number of benzene rings is 2. The number of ether oxygens (including phenoxy) is 1. The number of hydrogen-bond donors (Lipinski definition) is 1. The number of nitrogens with zero attached hydrogens (tertiary/aromatic N) is 5. The van der Waals surface area contributed by atoms with Gasteiger partial charge >= 0.3 is 11.9 Å². The standard InChI is InChI=1S/C24H19F3N6O4S/c1-14-9-19(33(35)36)20(37-2)11-18(14)29-21(34)13-38-23-31-30-22(15-5-4-8-28-12-15)32(23)17-7-3-6-16(10-17)24(25,26)27/h3-12H,13H2,1-2H3,(H,29,34). The van der Waals surface area contributed by atoms with Crippen LogP contribution in [0.3, 0.4) is 0 Å². The van der Waals surface area contributed by atoms with Crippen molar-refractivity contribution < 1.29 is 27.6 Å². The summed E-state index contributed by atoms with van der Waals surface area (Å²) in [6.07, 6.45) is -1.51. The van der Waals surface area contributed by atoms with Gasteiger partial charge in [0.2, 0.25) is 5.91 Å². The number of anilines is 1. The number of amides is 1. The van der Waals surface area contributed by atoms with Crippen molar-refractivity contribution in [2.75, 3.05) is 18.2 Å². The van der Waals surface area contributed by atoms with Crippen LogP contribution < -0.4 is 10.1 Å². The molecule has 0 radical (unpaired) electrons. The van der Waals surface area contributed by atoms with Gasteiger partial charge in [-0.2, -0.15) is 13.2 Å². The fraction of sp³-hybridized carbons (Fsp3) is 0.167. The molecule has 0 saturated heterocycles. The molecule has 4 rings (SSSR count). The SMILES string of the molecule is COc1cc(NC(=O)CSc2nnc(-c3cccnc3)n2-c2cccc(C(F)(F)F)c2)c(C)cc1[N+](=O)[O-]. The van der Waals surface area contributed by atoms with E-state index in [4.69, 9.17) is 4.74 Å². The van der Waals surface area contributed by atoms with Gasteiger partial charge in [0.15, 0.2) is 16.7 Å². The third-order valence-corrected chi connectivity index (χ3v) is 6.24. The summed E-state index contributed by atoms with van der Waals surface area (Å²) in [6, 6.07) is 10.7. The summed E-state index contributed by atoms with van der Waals surface area (Å²) in [4.78, 5) is 27.4. The zero-order valence-electron chi connectivity index (χ0n) is 19.9. The van der Waals surface area contributed by atoms with Crippen LogP contribution in [-0.4, -0.2) is 43.4 Å². The summed E-state index contributed by atoms with van der Waals surface area (Å²) in [7, 11) is 1.28. The smallest absolute Gasteiger partial charge is 0.416 e. The number of halogens is 3. The van der Waals surface area contributed by atoms with Crippen LogP contribution in [0.1, 0.15) is 11.1 Å². The minimum absolute atomic E-state index is 0.0195. The lowest BCUT2D eigenvalue weighted by molar-refractivity contribution is -0.385. The molecule has 2 aromatic heterocycles. The van der Waals surface area contributed by atoms with Crippen molar-refractivity contribution in [3.8, 4) is 22.8 Å². The Kier molecular flexibility index (Phi) is 7.62. The quantitative estimate of drug-likeness (QED) is 0.180. The number of aryl methyl sites for hydroxylation is 1. The maximum absolute atomic E-state index is 13.4. The maximum atomic E-state index is 13.4. The van der Waals surface area contributed by atoms with E-state index in [-0.39, 0.29) is 33.9 Å². The van der Waals surface area contributed by atoms with Crippen LogP contribution in [-0.2, 0) is 11.0 Å². The summed E-state index contributed by atoms with van der Waals surface area (Å²) in [5.74, 6) is -0.427. The van der Waals surface area contributed by atoms with Gasteiger partial charge in [-0.25, -0.2) is 0 Å². The van der Waals surface area contributed by atoms with Gasteiger partial charge in [-0.3, -0.25) is 24.5 Å². The van der Waals surface area contributed by atoms with Crippen molar-refractivity contribution in [3.63, 3.8) is 0 Å². The monoisotopic (exact) mass is 544 g/mol. The summed E-state index contributed by atoms with van der Waals surface area (Å²) in [6.45, 7) is 1.60. The number of carbonyl (C=O) groups excluding carboxylic acids is 1. The number of aromatic nitrogens is 4. The van der Waals surface area contributed by atoms with E-state index >= 15 is 0 Å². The molecule has 1 amide bonds. The number of pyridine rings is 1. The Morgan fingerprint density at radius 3 is 2.63 bits per heavy atom. The van der Waals surface area contributed by atoms with Crippen molar-refractivity contribution in [1.29, 1.82) is 0 Å². The Balaban J connectivity index is 1.62. The second kappa shape index (κ2) is 10.9. The number of thioether (sulfide) groups is 1. The van der Waals surface area contributed by atoms with E-state index in [1.165, 1.54) is 42.1 Å². The lowest BCUT2D eigenvalue weighted by atomic mass is 10.1. The van der Waals surface area contributed by atoms with Gasteiger partial charge in [0, 0.05) is 35.8 Å². The van der Waals surface area contributed by atoms with Gasteiger partial charge in [-0.15, -0.1) is 10.2 Å². The lowest BCUT2D eigenvalue weighted by Gasteiger charge is -2.13. The van der Waals surface area contributed by atoms with E-state index < -0.39 is 22.6 Å². The number of carbonyl (C=O) groups is 1. The number of methoxy groups -OCH3 is 1. The Bertz CT molecular complexity index is 1490. The second-order valence-corrected chi connectivity index (χ2v) is 8.81. The summed E-state index contributed by atoms with van der Waals surface area (Å²) in [5, 5.41) is 22.3. The number of alkyl halides is 3. The molecule has 196 valence electrons. The molecule has 0 atom stereocenters. The first-order valence-electron chi connectivity index (χ1n) is 10.9. The molecule has 10 nitrogen and oxygen atoms in total. The fourth-order valence-electron chi connectivity index (χ4n) is 3.53. The van der Waals surface area contributed by atoms with Gasteiger partial charge in [0.05, 0.1) is 29.0 Å². The molecule has 2 aromatic carbocycles. The molecule has 2 heterocycles. The van der Waals surface area contributed by atoms with Gasteiger partial charge in [0.1, 0.15) is 0 Å². The van der Waals surface area contributed by atoms with Crippen LogP contribution >= 0.6 is 11.8 Å².